The van der Waals surface area contributed by atoms with Crippen LogP contribution in [0.4, 0.5) is 24.5 Å². The molecular formula is C15H12ClF3N2O3S. The van der Waals surface area contributed by atoms with Crippen molar-refractivity contribution in [3.63, 3.8) is 0 Å². The van der Waals surface area contributed by atoms with Crippen LogP contribution < -0.4 is 9.62 Å². The van der Waals surface area contributed by atoms with Gasteiger partial charge in [0.15, 0.2) is 17.5 Å². The van der Waals surface area contributed by atoms with Gasteiger partial charge in [0, 0.05) is 5.02 Å². The van der Waals surface area contributed by atoms with Crippen LogP contribution in [0, 0.1) is 17.5 Å². The van der Waals surface area contributed by atoms with Crippen molar-refractivity contribution in [1.82, 2.24) is 0 Å². The molecule has 0 saturated carbocycles. The van der Waals surface area contributed by atoms with E-state index < -0.39 is 45.6 Å². The maximum atomic E-state index is 13.6. The number of rotatable bonds is 5. The van der Waals surface area contributed by atoms with E-state index in [1.54, 1.807) is 0 Å². The minimum Gasteiger partial charge on any atom is -0.322 e. The zero-order chi connectivity index (χ0) is 18.8. The van der Waals surface area contributed by atoms with Crippen molar-refractivity contribution < 1.29 is 26.4 Å². The third kappa shape index (κ3) is 4.64. The van der Waals surface area contributed by atoms with E-state index in [4.69, 9.17) is 11.6 Å². The number of sulfonamides is 1. The van der Waals surface area contributed by atoms with Crippen LogP contribution >= 0.6 is 11.6 Å². The molecule has 0 bridgehead atoms. The lowest BCUT2D eigenvalue weighted by atomic mass is 10.2. The molecule has 0 aliphatic heterocycles. The summed E-state index contributed by atoms with van der Waals surface area (Å²) in [5.41, 5.74) is -0.487. The van der Waals surface area contributed by atoms with Gasteiger partial charge in [-0.2, -0.15) is 0 Å². The highest BCUT2D eigenvalue weighted by molar-refractivity contribution is 7.92. The van der Waals surface area contributed by atoms with Crippen LogP contribution in [-0.2, 0) is 14.8 Å². The SMILES string of the molecule is CS(=O)(=O)N(CC(=O)Nc1ccc(F)c(F)c1F)c1cccc(Cl)c1. The van der Waals surface area contributed by atoms with Gasteiger partial charge in [-0.25, -0.2) is 21.6 Å². The monoisotopic (exact) mass is 392 g/mol. The Labute approximate surface area is 147 Å². The first-order valence-electron chi connectivity index (χ1n) is 6.76. The van der Waals surface area contributed by atoms with Gasteiger partial charge in [0.25, 0.3) is 0 Å². The molecule has 2 aromatic rings. The molecular weight excluding hydrogens is 381 g/mol. The molecule has 0 spiro atoms. The van der Waals surface area contributed by atoms with Crippen LogP contribution in [0.1, 0.15) is 0 Å². The molecule has 0 saturated heterocycles. The van der Waals surface area contributed by atoms with Crippen molar-refractivity contribution in [2.75, 3.05) is 22.4 Å². The van der Waals surface area contributed by atoms with E-state index in [1.165, 1.54) is 24.3 Å². The summed E-state index contributed by atoms with van der Waals surface area (Å²) < 4.78 is 64.2. The lowest BCUT2D eigenvalue weighted by molar-refractivity contribution is -0.114. The van der Waals surface area contributed by atoms with Crippen molar-refractivity contribution >= 4 is 38.9 Å². The average Bonchev–Trinajstić information content (AvgIpc) is 2.52. The van der Waals surface area contributed by atoms with Crippen molar-refractivity contribution in [1.29, 1.82) is 0 Å². The number of hydrogen-bond acceptors (Lipinski definition) is 3. The molecule has 0 heterocycles. The van der Waals surface area contributed by atoms with Crippen LogP contribution in [0.5, 0.6) is 0 Å². The molecule has 1 N–H and O–H groups in total. The lowest BCUT2D eigenvalue weighted by Crippen LogP contribution is -2.37. The Balaban J connectivity index is 2.25. The zero-order valence-electron chi connectivity index (χ0n) is 12.8. The second kappa shape index (κ2) is 7.32. The Morgan fingerprint density at radius 3 is 2.44 bits per heavy atom. The van der Waals surface area contributed by atoms with Gasteiger partial charge in [-0.3, -0.25) is 9.10 Å². The molecule has 0 atom stereocenters. The first-order chi connectivity index (χ1) is 11.6. The fourth-order valence-corrected chi connectivity index (χ4v) is 3.01. The van der Waals surface area contributed by atoms with Gasteiger partial charge in [-0.05, 0) is 30.3 Å². The first kappa shape index (κ1) is 19.1. The number of carbonyl (C=O) groups excluding carboxylic acids is 1. The molecule has 134 valence electrons. The molecule has 0 aromatic heterocycles. The Morgan fingerprint density at radius 1 is 1.16 bits per heavy atom. The van der Waals surface area contributed by atoms with E-state index in [0.29, 0.717) is 6.07 Å². The van der Waals surface area contributed by atoms with Crippen LogP contribution in [0.15, 0.2) is 36.4 Å². The third-order valence-corrected chi connectivity index (χ3v) is 4.47. The molecule has 10 heteroatoms. The van der Waals surface area contributed by atoms with Gasteiger partial charge in [-0.1, -0.05) is 17.7 Å². The van der Waals surface area contributed by atoms with Gasteiger partial charge in [0.1, 0.15) is 6.54 Å². The highest BCUT2D eigenvalue weighted by atomic mass is 35.5. The first-order valence-corrected chi connectivity index (χ1v) is 8.99. The summed E-state index contributed by atoms with van der Waals surface area (Å²) in [5.74, 6) is -5.68. The summed E-state index contributed by atoms with van der Waals surface area (Å²) in [4.78, 5) is 12.0. The van der Waals surface area contributed by atoms with Gasteiger partial charge < -0.3 is 5.32 Å². The lowest BCUT2D eigenvalue weighted by Gasteiger charge is -2.22. The number of amides is 1. The number of nitrogens with one attached hydrogen (secondary N) is 1. The molecule has 2 aromatic carbocycles. The summed E-state index contributed by atoms with van der Waals surface area (Å²) >= 11 is 5.81. The summed E-state index contributed by atoms with van der Waals surface area (Å²) in [7, 11) is -3.86. The smallest absolute Gasteiger partial charge is 0.245 e. The van der Waals surface area contributed by atoms with E-state index in [2.05, 4.69) is 0 Å². The number of halogens is 4. The third-order valence-electron chi connectivity index (χ3n) is 3.09. The fraction of sp³-hybridized carbons (Fsp3) is 0.133. The van der Waals surface area contributed by atoms with E-state index in [1.807, 2.05) is 5.32 Å². The van der Waals surface area contributed by atoms with Gasteiger partial charge >= 0.3 is 0 Å². The summed E-state index contributed by atoms with van der Waals surface area (Å²) in [6.07, 6.45) is 0.874. The van der Waals surface area contributed by atoms with Gasteiger partial charge in [-0.15, -0.1) is 0 Å². The zero-order valence-corrected chi connectivity index (χ0v) is 14.3. The predicted octanol–water partition coefficient (Wildman–Crippen LogP) is 3.16. The second-order valence-electron chi connectivity index (χ2n) is 5.02. The Morgan fingerprint density at radius 2 is 1.84 bits per heavy atom. The molecule has 0 radical (unpaired) electrons. The summed E-state index contributed by atoms with van der Waals surface area (Å²) in [6, 6.07) is 7.21. The minimum atomic E-state index is -3.86. The second-order valence-corrected chi connectivity index (χ2v) is 7.36. The van der Waals surface area contributed by atoms with Crippen LogP contribution in [0.2, 0.25) is 5.02 Å². The summed E-state index contributed by atoms with van der Waals surface area (Å²) in [6.45, 7) is -0.711. The van der Waals surface area contributed by atoms with Crippen molar-refractivity contribution in [2.45, 2.75) is 0 Å². The maximum Gasteiger partial charge on any atom is 0.245 e. The van der Waals surface area contributed by atoms with E-state index in [0.717, 1.165) is 16.6 Å². The number of nitrogens with zero attached hydrogens (tertiary/aromatic N) is 1. The normalized spacial score (nSPS) is 11.2. The average molecular weight is 393 g/mol. The minimum absolute atomic E-state index is 0.121. The van der Waals surface area contributed by atoms with E-state index in [9.17, 15) is 26.4 Å². The quantitative estimate of drug-likeness (QED) is 0.795. The van der Waals surface area contributed by atoms with Crippen LogP contribution in [-0.4, -0.2) is 27.1 Å². The van der Waals surface area contributed by atoms with Gasteiger partial charge in [0.05, 0.1) is 17.6 Å². The predicted molar refractivity (Wildman–Crippen MR) is 88.6 cm³/mol. The topological polar surface area (TPSA) is 66.5 Å². The summed E-state index contributed by atoms with van der Waals surface area (Å²) in [5, 5.41) is 2.25. The molecule has 0 aliphatic rings. The Hall–Kier alpha value is -2.26. The number of benzene rings is 2. The van der Waals surface area contributed by atoms with Crippen molar-refractivity contribution in [3.8, 4) is 0 Å². The van der Waals surface area contributed by atoms with Crippen molar-refractivity contribution in [3.05, 3.63) is 58.9 Å². The Kier molecular flexibility index (Phi) is 5.58. The molecule has 0 fully saturated rings. The van der Waals surface area contributed by atoms with Gasteiger partial charge in [0.2, 0.25) is 15.9 Å². The molecule has 5 nitrogen and oxygen atoms in total. The van der Waals surface area contributed by atoms with Crippen LogP contribution in [0.3, 0.4) is 0 Å². The number of hydrogen-bond donors (Lipinski definition) is 1. The number of anilines is 2. The Bertz CT molecular complexity index is 922. The highest BCUT2D eigenvalue weighted by Crippen LogP contribution is 2.23. The molecule has 0 unspecified atom stereocenters. The van der Waals surface area contributed by atoms with E-state index in [-0.39, 0.29) is 10.7 Å². The van der Waals surface area contributed by atoms with Crippen molar-refractivity contribution in [2.24, 2.45) is 0 Å². The standard InChI is InChI=1S/C15H12ClF3N2O3S/c1-25(23,24)21(10-4-2-3-9(16)7-10)8-13(22)20-12-6-5-11(17)14(18)15(12)19/h2-7H,8H2,1H3,(H,20,22). The number of carbonyl (C=O) groups is 1. The molecule has 0 aliphatic carbocycles. The maximum absolute atomic E-state index is 13.6. The highest BCUT2D eigenvalue weighted by Gasteiger charge is 2.22. The molecule has 25 heavy (non-hydrogen) atoms. The fourth-order valence-electron chi connectivity index (χ4n) is 1.97. The van der Waals surface area contributed by atoms with Crippen LogP contribution in [0.25, 0.3) is 0 Å². The van der Waals surface area contributed by atoms with E-state index >= 15 is 0 Å². The molecule has 1 amide bonds. The molecule has 2 rings (SSSR count). The largest absolute Gasteiger partial charge is 0.322 e.